The Kier molecular flexibility index (Phi) is 6.79. The summed E-state index contributed by atoms with van der Waals surface area (Å²) < 4.78 is 3.74. The summed E-state index contributed by atoms with van der Waals surface area (Å²) in [5.41, 5.74) is 3.26. The van der Waals surface area contributed by atoms with Crippen LogP contribution in [0.1, 0.15) is 34.2 Å². The number of rotatable bonds is 7. The van der Waals surface area contributed by atoms with Crippen LogP contribution in [-0.2, 0) is 24.4 Å². The summed E-state index contributed by atoms with van der Waals surface area (Å²) in [5, 5.41) is 10.2. The Morgan fingerprint density at radius 3 is 2.37 bits per heavy atom. The smallest absolute Gasteiger partial charge is 0.251 e. The third-order valence-corrected chi connectivity index (χ3v) is 5.26. The second-order valence-electron chi connectivity index (χ2n) is 6.96. The summed E-state index contributed by atoms with van der Waals surface area (Å²) in [4.78, 5) is 25.0. The van der Waals surface area contributed by atoms with Crippen LogP contribution in [0, 0.1) is 18.6 Å². The Balaban J connectivity index is 1.71. The van der Waals surface area contributed by atoms with Gasteiger partial charge in [0.05, 0.1) is 6.54 Å². The molecule has 0 radical (unpaired) electrons. The second kappa shape index (κ2) is 9.49. The Morgan fingerprint density at radius 1 is 1.03 bits per heavy atom. The lowest BCUT2D eigenvalue weighted by molar-refractivity contribution is -0.116. The van der Waals surface area contributed by atoms with E-state index < -0.39 is 0 Å². The van der Waals surface area contributed by atoms with E-state index in [4.69, 9.17) is 12.2 Å². The minimum Gasteiger partial charge on any atom is -0.345 e. The zero-order valence-electron chi connectivity index (χ0n) is 17.3. The van der Waals surface area contributed by atoms with Crippen molar-refractivity contribution in [3.8, 4) is 0 Å². The van der Waals surface area contributed by atoms with Crippen molar-refractivity contribution in [2.75, 3.05) is 5.32 Å². The number of para-hydroxylation sites is 1. The monoisotopic (exact) mass is 423 g/mol. The van der Waals surface area contributed by atoms with Gasteiger partial charge in [-0.3, -0.25) is 9.59 Å². The Morgan fingerprint density at radius 2 is 1.70 bits per heavy atom. The van der Waals surface area contributed by atoms with Crippen LogP contribution in [0.5, 0.6) is 0 Å². The van der Waals surface area contributed by atoms with Crippen LogP contribution in [-0.4, -0.2) is 26.2 Å². The zero-order valence-corrected chi connectivity index (χ0v) is 18.1. The number of aryl methyl sites for hydroxylation is 2. The van der Waals surface area contributed by atoms with Gasteiger partial charge in [-0.25, -0.2) is 4.68 Å². The van der Waals surface area contributed by atoms with E-state index in [1.54, 1.807) is 6.07 Å². The van der Waals surface area contributed by atoms with Crippen LogP contribution in [0.2, 0.25) is 0 Å². The summed E-state index contributed by atoms with van der Waals surface area (Å²) in [6.45, 7) is 6.58. The van der Waals surface area contributed by atoms with Crippen molar-refractivity contribution in [2.45, 2.75) is 40.4 Å². The van der Waals surface area contributed by atoms with Crippen LogP contribution >= 0.6 is 12.2 Å². The molecule has 0 atom stereocenters. The number of hydrogen-bond acceptors (Lipinski definition) is 4. The van der Waals surface area contributed by atoms with Gasteiger partial charge in [-0.1, -0.05) is 36.4 Å². The number of anilines is 1. The molecular weight excluding hydrogens is 398 g/mol. The molecule has 0 aliphatic rings. The van der Waals surface area contributed by atoms with Gasteiger partial charge < -0.3 is 15.2 Å². The normalized spacial score (nSPS) is 10.6. The molecular formula is C22H25N5O2S. The highest BCUT2D eigenvalue weighted by molar-refractivity contribution is 7.71. The van der Waals surface area contributed by atoms with Crippen LogP contribution in [0.15, 0.2) is 48.5 Å². The van der Waals surface area contributed by atoms with Crippen molar-refractivity contribution < 1.29 is 9.59 Å². The van der Waals surface area contributed by atoms with E-state index in [9.17, 15) is 9.59 Å². The van der Waals surface area contributed by atoms with E-state index in [1.165, 1.54) is 4.68 Å². The van der Waals surface area contributed by atoms with Gasteiger partial charge in [0.1, 0.15) is 6.54 Å². The average molecular weight is 424 g/mol. The maximum absolute atomic E-state index is 12.5. The SMILES string of the molecule is CCn1c(CNC(=O)c2ccccc2C)nn(CC(=O)Nc2ccccc2C)c1=S. The predicted molar refractivity (Wildman–Crippen MR) is 119 cm³/mol. The Labute approximate surface area is 180 Å². The van der Waals surface area contributed by atoms with E-state index in [0.717, 1.165) is 16.8 Å². The van der Waals surface area contributed by atoms with Crippen molar-refractivity contribution in [3.05, 3.63) is 75.8 Å². The highest BCUT2D eigenvalue weighted by Gasteiger charge is 2.15. The number of aromatic nitrogens is 3. The molecule has 0 spiro atoms. The van der Waals surface area contributed by atoms with E-state index >= 15 is 0 Å². The van der Waals surface area contributed by atoms with E-state index in [-0.39, 0.29) is 24.9 Å². The van der Waals surface area contributed by atoms with Crippen molar-refractivity contribution >= 4 is 29.7 Å². The highest BCUT2D eigenvalue weighted by Crippen LogP contribution is 2.13. The predicted octanol–water partition coefficient (Wildman–Crippen LogP) is 3.62. The van der Waals surface area contributed by atoms with Gasteiger partial charge in [-0.05, 0) is 56.2 Å². The first-order chi connectivity index (χ1) is 14.4. The molecule has 0 fully saturated rings. The largest absolute Gasteiger partial charge is 0.345 e. The first-order valence-electron chi connectivity index (χ1n) is 9.76. The van der Waals surface area contributed by atoms with Crippen LogP contribution < -0.4 is 10.6 Å². The molecule has 2 amide bonds. The van der Waals surface area contributed by atoms with Gasteiger partial charge in [-0.15, -0.1) is 0 Å². The molecule has 0 saturated heterocycles. The summed E-state index contributed by atoms with van der Waals surface area (Å²) in [7, 11) is 0. The number of hydrogen-bond donors (Lipinski definition) is 2. The summed E-state index contributed by atoms with van der Waals surface area (Å²) in [6, 6.07) is 15.0. The quantitative estimate of drug-likeness (QED) is 0.569. The Hall–Kier alpha value is -3.26. The zero-order chi connectivity index (χ0) is 21.7. The lowest BCUT2D eigenvalue weighted by atomic mass is 10.1. The third kappa shape index (κ3) is 4.83. The van der Waals surface area contributed by atoms with Crippen molar-refractivity contribution in [3.63, 3.8) is 0 Å². The fourth-order valence-electron chi connectivity index (χ4n) is 3.16. The molecule has 0 saturated carbocycles. The van der Waals surface area contributed by atoms with Gasteiger partial charge in [0.2, 0.25) is 5.91 Å². The minimum absolute atomic E-state index is 0.00108. The molecule has 156 valence electrons. The molecule has 2 N–H and O–H groups in total. The van der Waals surface area contributed by atoms with E-state index in [0.29, 0.717) is 22.7 Å². The van der Waals surface area contributed by atoms with Crippen LogP contribution in [0.3, 0.4) is 0 Å². The molecule has 0 aliphatic heterocycles. The molecule has 0 bridgehead atoms. The molecule has 2 aromatic carbocycles. The molecule has 0 unspecified atom stereocenters. The Bertz CT molecular complexity index is 1130. The highest BCUT2D eigenvalue weighted by atomic mass is 32.1. The standard InChI is InChI=1S/C22H25N5O2S/c1-4-26-19(13-23-21(29)17-11-7-5-9-15(17)2)25-27(22(26)30)14-20(28)24-18-12-8-6-10-16(18)3/h5-12H,4,13-14H2,1-3H3,(H,23,29)(H,24,28). The van der Waals surface area contributed by atoms with Gasteiger partial charge in [0.25, 0.3) is 5.91 Å². The number of carbonyl (C=O) groups is 2. The fraction of sp³-hybridized carbons (Fsp3) is 0.273. The maximum atomic E-state index is 12.5. The molecule has 30 heavy (non-hydrogen) atoms. The number of carbonyl (C=O) groups excluding carboxylic acids is 2. The van der Waals surface area contributed by atoms with Crippen LogP contribution in [0.4, 0.5) is 5.69 Å². The first-order valence-corrected chi connectivity index (χ1v) is 10.2. The molecule has 1 heterocycles. The summed E-state index contributed by atoms with van der Waals surface area (Å²) in [6.07, 6.45) is 0. The number of amides is 2. The summed E-state index contributed by atoms with van der Waals surface area (Å²) >= 11 is 5.49. The number of nitrogens with one attached hydrogen (secondary N) is 2. The lowest BCUT2D eigenvalue weighted by Gasteiger charge is -2.08. The molecule has 3 aromatic rings. The van der Waals surface area contributed by atoms with Gasteiger partial charge in [0.15, 0.2) is 10.6 Å². The molecule has 1 aromatic heterocycles. The van der Waals surface area contributed by atoms with Crippen molar-refractivity contribution in [1.82, 2.24) is 19.7 Å². The molecule has 7 nitrogen and oxygen atoms in total. The van der Waals surface area contributed by atoms with Gasteiger partial charge >= 0.3 is 0 Å². The second-order valence-corrected chi connectivity index (χ2v) is 7.33. The van der Waals surface area contributed by atoms with E-state index in [1.807, 2.05) is 67.8 Å². The minimum atomic E-state index is -0.211. The average Bonchev–Trinajstić information content (AvgIpc) is 3.02. The van der Waals surface area contributed by atoms with Crippen LogP contribution in [0.25, 0.3) is 0 Å². The van der Waals surface area contributed by atoms with E-state index in [2.05, 4.69) is 15.7 Å². The van der Waals surface area contributed by atoms with Gasteiger partial charge in [0, 0.05) is 17.8 Å². The van der Waals surface area contributed by atoms with Crippen molar-refractivity contribution in [2.24, 2.45) is 0 Å². The number of benzene rings is 2. The maximum Gasteiger partial charge on any atom is 0.251 e. The van der Waals surface area contributed by atoms with Gasteiger partial charge in [-0.2, -0.15) is 5.10 Å². The third-order valence-electron chi connectivity index (χ3n) is 4.82. The van der Waals surface area contributed by atoms with Crippen molar-refractivity contribution in [1.29, 1.82) is 0 Å². The summed E-state index contributed by atoms with van der Waals surface area (Å²) in [5.74, 6) is 0.221. The topological polar surface area (TPSA) is 81.0 Å². The fourth-order valence-corrected chi connectivity index (χ4v) is 3.50. The first kappa shape index (κ1) is 21.4. The molecule has 3 rings (SSSR count). The number of nitrogens with zero attached hydrogens (tertiary/aromatic N) is 3. The lowest BCUT2D eigenvalue weighted by Crippen LogP contribution is -2.25. The molecule has 0 aliphatic carbocycles. The molecule has 8 heteroatoms.